The van der Waals surface area contributed by atoms with Crippen LogP contribution >= 0.6 is 0 Å². The van der Waals surface area contributed by atoms with Crippen molar-refractivity contribution in [1.29, 1.82) is 0 Å². The highest BCUT2D eigenvalue weighted by atomic mass is 16.3. The zero-order chi connectivity index (χ0) is 31.8. The number of hydrogen-bond acceptors (Lipinski definition) is 7. The highest BCUT2D eigenvalue weighted by Crippen LogP contribution is 2.34. The lowest BCUT2D eigenvalue weighted by molar-refractivity contribution is -0.146. The first-order chi connectivity index (χ1) is 21.8. The summed E-state index contributed by atoms with van der Waals surface area (Å²) in [5, 5.41) is 18.5. The molecule has 3 amide bonds. The van der Waals surface area contributed by atoms with Gasteiger partial charge in [0.2, 0.25) is 17.7 Å². The molecule has 0 unspecified atom stereocenters. The minimum atomic E-state index is -0.595. The van der Waals surface area contributed by atoms with Crippen molar-refractivity contribution < 1.29 is 19.5 Å². The molecule has 1 aliphatic heterocycles. The van der Waals surface area contributed by atoms with E-state index in [4.69, 9.17) is 0 Å². The number of nitrogens with one attached hydrogen (secondary N) is 3. The molecule has 0 saturated carbocycles. The molecule has 45 heavy (non-hydrogen) atoms. The third kappa shape index (κ3) is 8.13. The molecule has 2 aliphatic rings. The summed E-state index contributed by atoms with van der Waals surface area (Å²) < 4.78 is 0. The van der Waals surface area contributed by atoms with Gasteiger partial charge in [0.05, 0.1) is 6.61 Å². The molecule has 0 spiro atoms. The van der Waals surface area contributed by atoms with Crippen LogP contribution in [0, 0.1) is 11.3 Å². The van der Waals surface area contributed by atoms with Gasteiger partial charge >= 0.3 is 0 Å². The third-order valence-electron chi connectivity index (χ3n) is 9.07. The van der Waals surface area contributed by atoms with Crippen LogP contribution in [-0.4, -0.2) is 77.4 Å². The maximum Gasteiger partial charge on any atom is 0.244 e. The molecule has 1 fully saturated rings. The van der Waals surface area contributed by atoms with Crippen molar-refractivity contribution in [2.75, 3.05) is 50.5 Å². The van der Waals surface area contributed by atoms with E-state index in [1.54, 1.807) is 23.2 Å². The van der Waals surface area contributed by atoms with E-state index in [2.05, 4.69) is 25.8 Å². The Labute approximate surface area is 265 Å². The molecule has 2 aromatic carbocycles. The summed E-state index contributed by atoms with van der Waals surface area (Å²) in [5.74, 6) is -0.0414. The second-order valence-electron chi connectivity index (χ2n) is 12.4. The Bertz CT molecular complexity index is 1490. The largest absolute Gasteiger partial charge is 0.395 e. The molecule has 2 heterocycles. The number of amides is 3. The molecule has 10 nitrogen and oxygen atoms in total. The molecule has 0 bridgehead atoms. The molecule has 238 valence electrons. The summed E-state index contributed by atoms with van der Waals surface area (Å²) in [6.07, 6.45) is 4.19. The van der Waals surface area contributed by atoms with Gasteiger partial charge in [0.15, 0.2) is 0 Å². The first-order valence-corrected chi connectivity index (χ1v) is 15.8. The maximum atomic E-state index is 14.2. The van der Waals surface area contributed by atoms with Gasteiger partial charge in [0.25, 0.3) is 0 Å². The zero-order valence-electron chi connectivity index (χ0n) is 26.2. The standard InChI is InChI=1S/C35H44N6O4/c1-35(12-15-40(16-13-35)17-18-42)34(45)41(23-27-8-4-3-7-26(27)22-36-2)24-32(43)38-30-11-10-25-19-29(20-28(25)21-30)33(44)39-31-9-5-6-14-37-31/h3-11,14,21,29,36,42H,12-13,15-20,22-24H2,1-2H3,(H,38,43)(H,37,39,44)/t29-/m1/s1. The fourth-order valence-electron chi connectivity index (χ4n) is 6.41. The monoisotopic (exact) mass is 612 g/mol. The van der Waals surface area contributed by atoms with Gasteiger partial charge in [-0.15, -0.1) is 0 Å². The van der Waals surface area contributed by atoms with Gasteiger partial charge in [-0.3, -0.25) is 14.4 Å². The Morgan fingerprint density at radius 3 is 2.42 bits per heavy atom. The lowest BCUT2D eigenvalue weighted by Gasteiger charge is -2.41. The van der Waals surface area contributed by atoms with Gasteiger partial charge in [-0.2, -0.15) is 0 Å². The smallest absolute Gasteiger partial charge is 0.244 e. The van der Waals surface area contributed by atoms with E-state index in [0.717, 1.165) is 35.3 Å². The highest BCUT2D eigenvalue weighted by Gasteiger charge is 2.40. The minimum Gasteiger partial charge on any atom is -0.395 e. The number of aliphatic hydroxyl groups excluding tert-OH is 1. The van der Waals surface area contributed by atoms with Gasteiger partial charge in [-0.05, 0) is 92.3 Å². The van der Waals surface area contributed by atoms with Crippen LogP contribution in [0.25, 0.3) is 0 Å². The topological polar surface area (TPSA) is 127 Å². The Hall–Kier alpha value is -4.12. The zero-order valence-corrected chi connectivity index (χ0v) is 26.2. The van der Waals surface area contributed by atoms with Gasteiger partial charge in [0.1, 0.15) is 12.4 Å². The van der Waals surface area contributed by atoms with Gasteiger partial charge in [0, 0.05) is 42.9 Å². The quantitative estimate of drug-likeness (QED) is 0.248. The van der Waals surface area contributed by atoms with Crippen molar-refractivity contribution in [2.45, 2.75) is 45.7 Å². The number of pyridine rings is 1. The van der Waals surface area contributed by atoms with Crippen LogP contribution in [0.2, 0.25) is 0 Å². The van der Waals surface area contributed by atoms with E-state index in [1.165, 1.54) is 0 Å². The molecule has 1 aliphatic carbocycles. The molecule has 1 atom stereocenters. The summed E-state index contributed by atoms with van der Waals surface area (Å²) >= 11 is 0. The summed E-state index contributed by atoms with van der Waals surface area (Å²) in [4.78, 5) is 48.6. The third-order valence-corrected chi connectivity index (χ3v) is 9.07. The van der Waals surface area contributed by atoms with Crippen LogP contribution in [0.5, 0.6) is 0 Å². The SMILES string of the molecule is CNCc1ccccc1CN(CC(=O)Nc1ccc2c(c1)C[C@H](C(=O)Nc1ccccn1)C2)C(=O)C1(C)CCN(CCO)CC1. The van der Waals surface area contributed by atoms with Crippen molar-refractivity contribution in [3.8, 4) is 0 Å². The van der Waals surface area contributed by atoms with Crippen LogP contribution in [-0.2, 0) is 40.3 Å². The maximum absolute atomic E-state index is 14.2. The van der Waals surface area contributed by atoms with E-state index < -0.39 is 5.41 Å². The molecule has 4 N–H and O–H groups in total. The van der Waals surface area contributed by atoms with Gasteiger partial charge in [-0.1, -0.05) is 43.3 Å². The number of nitrogens with zero attached hydrogens (tertiary/aromatic N) is 3. The molecule has 1 saturated heterocycles. The van der Waals surface area contributed by atoms with E-state index >= 15 is 0 Å². The lowest BCUT2D eigenvalue weighted by atomic mass is 9.79. The van der Waals surface area contributed by atoms with Crippen molar-refractivity contribution in [2.24, 2.45) is 11.3 Å². The normalized spacial score (nSPS) is 17.4. The number of β-amino-alcohol motifs (C(OH)–C–C–N with tert-alkyl or cyclic N) is 1. The van der Waals surface area contributed by atoms with E-state index in [-0.39, 0.29) is 36.8 Å². The highest BCUT2D eigenvalue weighted by molar-refractivity contribution is 5.96. The number of carbonyl (C=O) groups is 3. The Balaban J connectivity index is 1.27. The number of piperidine rings is 1. The summed E-state index contributed by atoms with van der Waals surface area (Å²) in [5.41, 5.74) is 4.26. The number of carbonyl (C=O) groups excluding carboxylic acids is 3. The van der Waals surface area contributed by atoms with E-state index in [9.17, 15) is 19.5 Å². The number of aromatic nitrogens is 1. The average molecular weight is 613 g/mol. The lowest BCUT2D eigenvalue weighted by Crippen LogP contribution is -2.50. The van der Waals surface area contributed by atoms with Crippen LogP contribution < -0.4 is 16.0 Å². The predicted molar refractivity (Wildman–Crippen MR) is 174 cm³/mol. The number of benzene rings is 2. The van der Waals surface area contributed by atoms with Crippen molar-refractivity contribution in [3.63, 3.8) is 0 Å². The molecule has 0 radical (unpaired) electrons. The number of rotatable bonds is 12. The van der Waals surface area contributed by atoms with Crippen molar-refractivity contribution >= 4 is 29.2 Å². The molecule has 10 heteroatoms. The first-order valence-electron chi connectivity index (χ1n) is 15.8. The van der Waals surface area contributed by atoms with Gasteiger partial charge < -0.3 is 30.9 Å². The van der Waals surface area contributed by atoms with Crippen LogP contribution in [0.3, 0.4) is 0 Å². The van der Waals surface area contributed by atoms with Crippen LogP contribution in [0.1, 0.15) is 42.0 Å². The van der Waals surface area contributed by atoms with E-state index in [1.807, 2.05) is 62.5 Å². The molecule has 5 rings (SSSR count). The fraction of sp³-hybridized carbons (Fsp3) is 0.429. The second-order valence-corrected chi connectivity index (χ2v) is 12.4. The fourth-order valence-corrected chi connectivity index (χ4v) is 6.41. The Morgan fingerprint density at radius 1 is 0.978 bits per heavy atom. The predicted octanol–water partition coefficient (Wildman–Crippen LogP) is 3.22. The Morgan fingerprint density at radius 2 is 1.71 bits per heavy atom. The Kier molecular flexibility index (Phi) is 10.6. The molecule has 3 aromatic rings. The summed E-state index contributed by atoms with van der Waals surface area (Å²) in [6, 6.07) is 19.2. The molecular formula is C35H44N6O4. The van der Waals surface area contributed by atoms with Crippen molar-refractivity contribution in [3.05, 3.63) is 89.1 Å². The molecule has 1 aromatic heterocycles. The number of anilines is 2. The summed E-state index contributed by atoms with van der Waals surface area (Å²) in [7, 11) is 1.89. The van der Waals surface area contributed by atoms with Crippen molar-refractivity contribution in [1.82, 2.24) is 20.1 Å². The number of aliphatic hydroxyl groups is 1. The minimum absolute atomic E-state index is 0.0312. The average Bonchev–Trinajstić information content (AvgIpc) is 3.47. The van der Waals surface area contributed by atoms with Crippen LogP contribution in [0.15, 0.2) is 66.9 Å². The van der Waals surface area contributed by atoms with E-state index in [0.29, 0.717) is 56.8 Å². The summed E-state index contributed by atoms with van der Waals surface area (Å²) in [6.45, 7) is 5.08. The number of fused-ring (bicyclic) bond motifs is 1. The number of hydrogen-bond donors (Lipinski definition) is 4. The molecular weight excluding hydrogens is 568 g/mol. The van der Waals surface area contributed by atoms with Crippen LogP contribution in [0.4, 0.5) is 11.5 Å². The second kappa shape index (κ2) is 14.8. The number of likely N-dealkylation sites (tertiary alicyclic amines) is 1. The van der Waals surface area contributed by atoms with Gasteiger partial charge in [-0.25, -0.2) is 4.98 Å². The first kappa shape index (κ1) is 32.3.